The van der Waals surface area contributed by atoms with Crippen LogP contribution in [0.3, 0.4) is 0 Å². The molecule has 0 amide bonds. The summed E-state index contributed by atoms with van der Waals surface area (Å²) in [6.07, 6.45) is 0. The molecule has 0 fully saturated rings. The van der Waals surface area contributed by atoms with E-state index in [1.807, 2.05) is 7.05 Å². The smallest absolute Gasteiger partial charge is 0.0414 e. The quantitative estimate of drug-likeness (QED) is 0.820. The lowest BCUT2D eigenvalue weighted by molar-refractivity contribution is 0.694. The summed E-state index contributed by atoms with van der Waals surface area (Å²) in [4.78, 5) is 2.44. The molecule has 0 bridgehead atoms. The van der Waals surface area contributed by atoms with Gasteiger partial charge in [0.15, 0.2) is 0 Å². The number of hydrogen-bond donors (Lipinski definition) is 1. The Morgan fingerprint density at radius 3 is 2.50 bits per heavy atom. The molecular formula is C14H24N2. The summed E-state index contributed by atoms with van der Waals surface area (Å²) in [5, 5.41) is 3.24. The Morgan fingerprint density at radius 1 is 1.31 bits per heavy atom. The van der Waals surface area contributed by atoms with Crippen molar-refractivity contribution in [3.63, 3.8) is 0 Å². The van der Waals surface area contributed by atoms with Crippen molar-refractivity contribution in [1.29, 1.82) is 0 Å². The van der Waals surface area contributed by atoms with Gasteiger partial charge < -0.3 is 10.2 Å². The minimum atomic E-state index is 0.545. The lowest BCUT2D eigenvalue weighted by Gasteiger charge is -2.30. The average Bonchev–Trinajstić information content (AvgIpc) is 2.22. The molecule has 0 aromatic heterocycles. The SMILES string of the molecule is CCN(c1ccc(C)cc1CNC)C(C)C. The number of benzene rings is 1. The second-order valence-electron chi connectivity index (χ2n) is 4.54. The zero-order valence-corrected chi connectivity index (χ0v) is 11.2. The molecule has 0 saturated carbocycles. The molecule has 0 saturated heterocycles. The van der Waals surface area contributed by atoms with Crippen LogP contribution in [0.25, 0.3) is 0 Å². The highest BCUT2D eigenvalue weighted by atomic mass is 15.1. The first-order chi connectivity index (χ1) is 7.60. The largest absolute Gasteiger partial charge is 0.369 e. The van der Waals surface area contributed by atoms with Crippen molar-refractivity contribution >= 4 is 5.69 Å². The molecule has 0 aliphatic heterocycles. The Bertz CT molecular complexity index is 332. The van der Waals surface area contributed by atoms with E-state index in [9.17, 15) is 0 Å². The fourth-order valence-corrected chi connectivity index (χ4v) is 2.14. The van der Waals surface area contributed by atoms with Crippen LogP contribution >= 0.6 is 0 Å². The van der Waals surface area contributed by atoms with Gasteiger partial charge in [0.1, 0.15) is 0 Å². The van der Waals surface area contributed by atoms with Gasteiger partial charge in [-0.05, 0) is 46.4 Å². The third-order valence-corrected chi connectivity index (χ3v) is 2.88. The molecule has 1 rings (SSSR count). The van der Waals surface area contributed by atoms with Crippen LogP contribution in [0.4, 0.5) is 5.69 Å². The van der Waals surface area contributed by atoms with Crippen LogP contribution in [0.5, 0.6) is 0 Å². The van der Waals surface area contributed by atoms with Gasteiger partial charge in [-0.1, -0.05) is 17.7 Å². The van der Waals surface area contributed by atoms with E-state index in [0.717, 1.165) is 13.1 Å². The average molecular weight is 220 g/mol. The molecule has 0 unspecified atom stereocenters. The highest BCUT2D eigenvalue weighted by molar-refractivity contribution is 5.55. The number of nitrogens with one attached hydrogen (secondary N) is 1. The zero-order chi connectivity index (χ0) is 12.1. The third-order valence-electron chi connectivity index (χ3n) is 2.88. The van der Waals surface area contributed by atoms with E-state index in [1.165, 1.54) is 16.8 Å². The highest BCUT2D eigenvalue weighted by Gasteiger charge is 2.12. The van der Waals surface area contributed by atoms with Gasteiger partial charge in [-0.2, -0.15) is 0 Å². The van der Waals surface area contributed by atoms with Gasteiger partial charge in [-0.15, -0.1) is 0 Å². The van der Waals surface area contributed by atoms with Gasteiger partial charge in [-0.3, -0.25) is 0 Å². The molecule has 90 valence electrons. The Balaban J connectivity index is 3.09. The summed E-state index contributed by atoms with van der Waals surface area (Å²) in [6.45, 7) is 10.8. The van der Waals surface area contributed by atoms with E-state index in [0.29, 0.717) is 6.04 Å². The number of aryl methyl sites for hydroxylation is 1. The van der Waals surface area contributed by atoms with Gasteiger partial charge in [0, 0.05) is 24.8 Å². The van der Waals surface area contributed by atoms with E-state index in [2.05, 4.69) is 56.1 Å². The molecule has 1 N–H and O–H groups in total. The Labute approximate surface area is 99.7 Å². The van der Waals surface area contributed by atoms with E-state index < -0.39 is 0 Å². The predicted octanol–water partition coefficient (Wildman–Crippen LogP) is 2.95. The molecule has 1 aromatic rings. The maximum absolute atomic E-state index is 3.24. The van der Waals surface area contributed by atoms with Crippen LogP contribution < -0.4 is 10.2 Å². The van der Waals surface area contributed by atoms with Crippen molar-refractivity contribution in [2.24, 2.45) is 0 Å². The van der Waals surface area contributed by atoms with Crippen LogP contribution in [-0.2, 0) is 6.54 Å². The second-order valence-corrected chi connectivity index (χ2v) is 4.54. The van der Waals surface area contributed by atoms with Crippen molar-refractivity contribution in [3.05, 3.63) is 29.3 Å². The fraction of sp³-hybridized carbons (Fsp3) is 0.571. The zero-order valence-electron chi connectivity index (χ0n) is 11.2. The molecule has 0 aliphatic rings. The Hall–Kier alpha value is -1.02. The first kappa shape index (κ1) is 13.0. The van der Waals surface area contributed by atoms with Crippen molar-refractivity contribution in [3.8, 4) is 0 Å². The van der Waals surface area contributed by atoms with Crippen molar-refractivity contribution < 1.29 is 0 Å². The second kappa shape index (κ2) is 5.90. The lowest BCUT2D eigenvalue weighted by Crippen LogP contribution is -2.31. The minimum Gasteiger partial charge on any atom is -0.369 e. The van der Waals surface area contributed by atoms with E-state index >= 15 is 0 Å². The third kappa shape index (κ3) is 2.99. The molecule has 0 atom stereocenters. The van der Waals surface area contributed by atoms with Crippen molar-refractivity contribution in [1.82, 2.24) is 5.32 Å². The summed E-state index contributed by atoms with van der Waals surface area (Å²) in [5.74, 6) is 0. The predicted molar refractivity (Wildman–Crippen MR) is 72.1 cm³/mol. The van der Waals surface area contributed by atoms with Gasteiger partial charge in [0.25, 0.3) is 0 Å². The summed E-state index contributed by atoms with van der Waals surface area (Å²) in [6, 6.07) is 7.25. The molecule has 16 heavy (non-hydrogen) atoms. The van der Waals surface area contributed by atoms with Gasteiger partial charge in [-0.25, -0.2) is 0 Å². The van der Waals surface area contributed by atoms with E-state index in [-0.39, 0.29) is 0 Å². The molecular weight excluding hydrogens is 196 g/mol. The number of hydrogen-bond acceptors (Lipinski definition) is 2. The number of rotatable bonds is 5. The molecule has 2 heteroatoms. The first-order valence-corrected chi connectivity index (χ1v) is 6.10. The highest BCUT2D eigenvalue weighted by Crippen LogP contribution is 2.23. The van der Waals surface area contributed by atoms with E-state index in [1.54, 1.807) is 0 Å². The monoisotopic (exact) mass is 220 g/mol. The minimum absolute atomic E-state index is 0.545. The van der Waals surface area contributed by atoms with Crippen LogP contribution in [0.15, 0.2) is 18.2 Å². The molecule has 1 aromatic carbocycles. The summed E-state index contributed by atoms with van der Waals surface area (Å²) in [5.41, 5.74) is 4.07. The molecule has 2 nitrogen and oxygen atoms in total. The molecule has 0 aliphatic carbocycles. The van der Waals surface area contributed by atoms with Crippen molar-refractivity contribution in [2.75, 3.05) is 18.5 Å². The maximum atomic E-state index is 3.24. The van der Waals surface area contributed by atoms with Crippen molar-refractivity contribution in [2.45, 2.75) is 40.3 Å². The van der Waals surface area contributed by atoms with Gasteiger partial charge >= 0.3 is 0 Å². The summed E-state index contributed by atoms with van der Waals surface area (Å²) < 4.78 is 0. The molecule has 0 heterocycles. The van der Waals surface area contributed by atoms with E-state index in [4.69, 9.17) is 0 Å². The fourth-order valence-electron chi connectivity index (χ4n) is 2.14. The maximum Gasteiger partial charge on any atom is 0.0414 e. The normalized spacial score (nSPS) is 10.9. The Morgan fingerprint density at radius 2 is 2.00 bits per heavy atom. The van der Waals surface area contributed by atoms with Crippen LogP contribution in [0, 0.1) is 6.92 Å². The van der Waals surface area contributed by atoms with Gasteiger partial charge in [0.2, 0.25) is 0 Å². The van der Waals surface area contributed by atoms with Gasteiger partial charge in [0.05, 0.1) is 0 Å². The molecule has 0 spiro atoms. The Kier molecular flexibility index (Phi) is 4.81. The summed E-state index contributed by atoms with van der Waals surface area (Å²) >= 11 is 0. The molecule has 0 radical (unpaired) electrons. The summed E-state index contributed by atoms with van der Waals surface area (Å²) in [7, 11) is 2.00. The first-order valence-electron chi connectivity index (χ1n) is 6.10. The van der Waals surface area contributed by atoms with Crippen LogP contribution in [0.2, 0.25) is 0 Å². The van der Waals surface area contributed by atoms with Crippen LogP contribution in [0.1, 0.15) is 31.9 Å². The lowest BCUT2D eigenvalue weighted by atomic mass is 10.1. The number of anilines is 1. The van der Waals surface area contributed by atoms with Crippen LogP contribution in [-0.4, -0.2) is 19.6 Å². The topological polar surface area (TPSA) is 15.3 Å². The standard InChI is InChI=1S/C14H24N2/c1-6-16(11(2)3)14-8-7-12(4)9-13(14)10-15-5/h7-9,11,15H,6,10H2,1-5H3. The number of nitrogens with zero attached hydrogens (tertiary/aromatic N) is 1.